The molecule has 0 aliphatic carbocycles. The van der Waals surface area contributed by atoms with Gasteiger partial charge in [0, 0.05) is 25.7 Å². The van der Waals surface area contributed by atoms with Gasteiger partial charge in [-0.1, -0.05) is 0 Å². The van der Waals surface area contributed by atoms with Crippen LogP contribution < -0.4 is 10.2 Å². The Kier molecular flexibility index (Phi) is 7.25. The van der Waals surface area contributed by atoms with Gasteiger partial charge in [-0.3, -0.25) is 0 Å². The SMILES string of the molecule is C[N+]1(C)CCCC1.C[N+]1(C)CCCC1.O=C([O-])[O-]. The van der Waals surface area contributed by atoms with Gasteiger partial charge >= 0.3 is 0 Å². The van der Waals surface area contributed by atoms with E-state index in [1.165, 1.54) is 60.8 Å². The fourth-order valence-electron chi connectivity index (χ4n) is 2.38. The molecule has 0 amide bonds. The maximum Gasteiger partial charge on any atom is 0.0784 e. The minimum Gasteiger partial charge on any atom is -0.652 e. The second kappa shape index (κ2) is 7.59. The summed E-state index contributed by atoms with van der Waals surface area (Å²) in [6, 6.07) is 0. The average Bonchev–Trinajstić information content (AvgIpc) is 2.74. The molecule has 2 aliphatic heterocycles. The number of likely N-dealkylation sites (tertiary alicyclic amines) is 2. The van der Waals surface area contributed by atoms with E-state index in [1.54, 1.807) is 0 Å². The van der Waals surface area contributed by atoms with Crippen LogP contribution in [-0.4, -0.2) is 69.5 Å². The van der Waals surface area contributed by atoms with Crippen LogP contribution in [0.3, 0.4) is 0 Å². The molecule has 0 aromatic carbocycles. The molecule has 5 nitrogen and oxygen atoms in total. The monoisotopic (exact) mass is 260 g/mol. The number of carbonyl (C=O) groups is 1. The summed E-state index contributed by atoms with van der Waals surface area (Å²) in [4.78, 5) is 8.33. The number of nitrogens with zero attached hydrogens (tertiary/aromatic N) is 2. The van der Waals surface area contributed by atoms with E-state index in [0.29, 0.717) is 0 Å². The molecule has 0 aromatic rings. The number of hydrogen-bond donors (Lipinski definition) is 0. The van der Waals surface area contributed by atoms with E-state index >= 15 is 0 Å². The molecule has 0 atom stereocenters. The van der Waals surface area contributed by atoms with E-state index in [2.05, 4.69) is 28.2 Å². The predicted molar refractivity (Wildman–Crippen MR) is 67.5 cm³/mol. The number of carbonyl (C=O) groups excluding carboxylic acids is 1. The first-order valence-electron chi connectivity index (χ1n) is 6.67. The largest absolute Gasteiger partial charge is 0.652 e. The summed E-state index contributed by atoms with van der Waals surface area (Å²) in [5, 5.41) is 16.7. The quantitative estimate of drug-likeness (QED) is 0.539. The standard InChI is InChI=1S/2C6H14N.CH2O3/c2*1-7(2)5-3-4-6-7;2-1(3)4/h2*3-6H2,1-2H3;(H2,2,3,4)/q2*+1;/p-2. The fraction of sp³-hybridized carbons (Fsp3) is 0.923. The minimum absolute atomic E-state index is 1.25. The number of hydrogen-bond acceptors (Lipinski definition) is 3. The molecule has 2 saturated heterocycles. The van der Waals surface area contributed by atoms with Crippen LogP contribution in [0.25, 0.3) is 0 Å². The second-order valence-electron chi connectivity index (χ2n) is 6.43. The molecule has 0 N–H and O–H groups in total. The first-order valence-corrected chi connectivity index (χ1v) is 6.67. The summed E-state index contributed by atoms with van der Waals surface area (Å²) in [6.07, 6.45) is 3.42. The Hall–Kier alpha value is -0.810. The van der Waals surface area contributed by atoms with Crippen molar-refractivity contribution in [3.8, 4) is 0 Å². The minimum atomic E-state index is -2.33. The van der Waals surface area contributed by atoms with E-state index in [9.17, 15) is 0 Å². The van der Waals surface area contributed by atoms with Gasteiger partial charge < -0.3 is 24.0 Å². The molecular formula is C13H28N2O3. The molecule has 5 heteroatoms. The Balaban J connectivity index is 0.000000253. The highest BCUT2D eigenvalue weighted by Crippen LogP contribution is 2.11. The average molecular weight is 260 g/mol. The molecule has 0 saturated carbocycles. The Morgan fingerprint density at radius 1 is 0.722 bits per heavy atom. The van der Waals surface area contributed by atoms with Crippen molar-refractivity contribution in [2.75, 3.05) is 54.4 Å². The van der Waals surface area contributed by atoms with Crippen molar-refractivity contribution < 1.29 is 24.0 Å². The predicted octanol–water partition coefficient (Wildman–Crippen LogP) is -0.734. The lowest BCUT2D eigenvalue weighted by molar-refractivity contribution is -0.877. The van der Waals surface area contributed by atoms with Gasteiger partial charge in [0.1, 0.15) is 0 Å². The van der Waals surface area contributed by atoms with Gasteiger partial charge in [0.2, 0.25) is 0 Å². The van der Waals surface area contributed by atoms with Gasteiger partial charge in [0.15, 0.2) is 0 Å². The summed E-state index contributed by atoms with van der Waals surface area (Å²) in [5.74, 6) is 0. The smallest absolute Gasteiger partial charge is 0.0784 e. The molecule has 18 heavy (non-hydrogen) atoms. The Morgan fingerprint density at radius 2 is 0.889 bits per heavy atom. The van der Waals surface area contributed by atoms with Crippen molar-refractivity contribution in [3.63, 3.8) is 0 Å². The van der Waals surface area contributed by atoms with E-state index < -0.39 is 6.16 Å². The Bertz CT molecular complexity index is 213. The van der Waals surface area contributed by atoms with Crippen LogP contribution in [0.1, 0.15) is 25.7 Å². The van der Waals surface area contributed by atoms with Gasteiger partial charge in [0.05, 0.1) is 54.4 Å². The van der Waals surface area contributed by atoms with Gasteiger partial charge in [-0.25, -0.2) is 0 Å². The van der Waals surface area contributed by atoms with Gasteiger partial charge in [-0.15, -0.1) is 0 Å². The molecule has 2 rings (SSSR count). The normalized spacial score (nSPS) is 23.3. The highest BCUT2D eigenvalue weighted by atomic mass is 16.6. The maximum absolute atomic E-state index is 8.33. The molecule has 0 radical (unpaired) electrons. The fourth-order valence-corrected chi connectivity index (χ4v) is 2.38. The van der Waals surface area contributed by atoms with Crippen LogP contribution in [0.2, 0.25) is 0 Å². The molecule has 0 aromatic heterocycles. The van der Waals surface area contributed by atoms with Crippen molar-refractivity contribution in [3.05, 3.63) is 0 Å². The molecule has 0 bridgehead atoms. The van der Waals surface area contributed by atoms with E-state index in [1.807, 2.05) is 0 Å². The maximum atomic E-state index is 8.33. The van der Waals surface area contributed by atoms with Crippen molar-refractivity contribution >= 4 is 6.16 Å². The lowest BCUT2D eigenvalue weighted by Gasteiger charge is -2.21. The van der Waals surface area contributed by atoms with Crippen molar-refractivity contribution in [2.24, 2.45) is 0 Å². The third-order valence-electron chi connectivity index (χ3n) is 3.55. The van der Waals surface area contributed by atoms with Crippen molar-refractivity contribution in [1.82, 2.24) is 0 Å². The van der Waals surface area contributed by atoms with Gasteiger partial charge in [-0.2, -0.15) is 0 Å². The van der Waals surface area contributed by atoms with Crippen LogP contribution in [0.5, 0.6) is 0 Å². The zero-order chi connectivity index (χ0) is 14.2. The van der Waals surface area contributed by atoms with Crippen LogP contribution in [0.4, 0.5) is 4.79 Å². The zero-order valence-electron chi connectivity index (χ0n) is 12.3. The molecule has 2 aliphatic rings. The molecule has 2 fully saturated rings. The number of quaternary nitrogens is 2. The lowest BCUT2D eigenvalue weighted by atomic mass is 10.4. The number of carboxylic acid groups (broad SMARTS) is 2. The molecule has 108 valence electrons. The first kappa shape index (κ1) is 17.2. The topological polar surface area (TPSA) is 63.2 Å². The Labute approximate surface area is 111 Å². The van der Waals surface area contributed by atoms with Gasteiger partial charge in [0.25, 0.3) is 0 Å². The second-order valence-corrected chi connectivity index (χ2v) is 6.43. The first-order chi connectivity index (χ1) is 8.15. The summed E-state index contributed by atoms with van der Waals surface area (Å²) in [5.41, 5.74) is 0. The molecule has 0 spiro atoms. The third kappa shape index (κ3) is 10.4. The summed E-state index contributed by atoms with van der Waals surface area (Å²) >= 11 is 0. The van der Waals surface area contributed by atoms with E-state index in [-0.39, 0.29) is 0 Å². The third-order valence-corrected chi connectivity index (χ3v) is 3.55. The molecule has 0 unspecified atom stereocenters. The van der Waals surface area contributed by atoms with Gasteiger partial charge in [-0.05, 0) is 6.16 Å². The van der Waals surface area contributed by atoms with Crippen LogP contribution in [0, 0.1) is 0 Å². The molecular weight excluding hydrogens is 232 g/mol. The lowest BCUT2D eigenvalue weighted by Crippen LogP contribution is -2.37. The summed E-state index contributed by atoms with van der Waals surface area (Å²) in [6.45, 7) is 5.56. The highest BCUT2D eigenvalue weighted by Gasteiger charge is 2.20. The highest BCUT2D eigenvalue weighted by molar-refractivity contribution is 5.47. The van der Waals surface area contributed by atoms with Crippen LogP contribution in [0.15, 0.2) is 0 Å². The Morgan fingerprint density at radius 3 is 0.944 bits per heavy atom. The molecule has 2 heterocycles. The van der Waals surface area contributed by atoms with Crippen LogP contribution >= 0.6 is 0 Å². The summed E-state index contributed by atoms with van der Waals surface area (Å²) < 4.78 is 2.50. The summed E-state index contributed by atoms with van der Waals surface area (Å²) in [7, 11) is 9.19. The van der Waals surface area contributed by atoms with Crippen molar-refractivity contribution in [2.45, 2.75) is 25.7 Å². The number of rotatable bonds is 0. The van der Waals surface area contributed by atoms with E-state index in [4.69, 9.17) is 15.0 Å². The van der Waals surface area contributed by atoms with Crippen LogP contribution in [-0.2, 0) is 0 Å². The zero-order valence-corrected chi connectivity index (χ0v) is 12.3. The van der Waals surface area contributed by atoms with E-state index in [0.717, 1.165) is 0 Å². The van der Waals surface area contributed by atoms with Crippen molar-refractivity contribution in [1.29, 1.82) is 0 Å².